The highest BCUT2D eigenvalue weighted by atomic mass is 19.4. The van der Waals surface area contributed by atoms with Crippen molar-refractivity contribution in [2.24, 2.45) is 0 Å². The Hall–Kier alpha value is -1.33. The molecule has 0 spiro atoms. The highest BCUT2D eigenvalue weighted by Crippen LogP contribution is 2.25. The molecule has 1 aromatic carbocycles. The number of ether oxygens (including phenoxy) is 1. The first-order valence-electron chi connectivity index (χ1n) is 3.95. The van der Waals surface area contributed by atoms with Gasteiger partial charge in [0.15, 0.2) is 24.0 Å². The number of hydrogen-bond donors (Lipinski definition) is 0. The summed E-state index contributed by atoms with van der Waals surface area (Å²) >= 11 is 0. The van der Waals surface area contributed by atoms with Crippen molar-refractivity contribution in [3.63, 3.8) is 0 Å². The van der Waals surface area contributed by atoms with Crippen LogP contribution in [-0.4, -0.2) is 12.8 Å². The van der Waals surface area contributed by atoms with Crippen molar-refractivity contribution in [1.82, 2.24) is 0 Å². The number of aryl methyl sites for hydroxylation is 1. The monoisotopic (exact) mass is 226 g/mol. The molecule has 0 unspecified atom stereocenters. The Balaban J connectivity index is 2.86. The predicted octanol–water partition coefficient (Wildman–Crippen LogP) is 3.21. The molecular formula is C9H7F5O. The smallest absolute Gasteiger partial charge is 0.422 e. The van der Waals surface area contributed by atoms with Gasteiger partial charge < -0.3 is 4.74 Å². The van der Waals surface area contributed by atoms with E-state index in [4.69, 9.17) is 0 Å². The van der Waals surface area contributed by atoms with E-state index in [1.165, 1.54) is 6.92 Å². The Morgan fingerprint density at radius 3 is 2.00 bits per heavy atom. The van der Waals surface area contributed by atoms with Crippen LogP contribution in [0.4, 0.5) is 22.0 Å². The molecule has 1 rings (SSSR count). The van der Waals surface area contributed by atoms with Crippen molar-refractivity contribution in [3.05, 3.63) is 29.3 Å². The highest BCUT2D eigenvalue weighted by Gasteiger charge is 2.29. The maximum absolute atomic E-state index is 13.0. The number of halogens is 5. The van der Waals surface area contributed by atoms with Gasteiger partial charge in [-0.25, -0.2) is 8.78 Å². The largest absolute Gasteiger partial charge is 0.478 e. The zero-order chi connectivity index (χ0) is 11.6. The van der Waals surface area contributed by atoms with Crippen LogP contribution in [0.5, 0.6) is 5.75 Å². The molecule has 0 aliphatic rings. The first-order valence-corrected chi connectivity index (χ1v) is 3.95. The first-order chi connectivity index (χ1) is 6.79. The van der Waals surface area contributed by atoms with Gasteiger partial charge >= 0.3 is 6.18 Å². The molecule has 15 heavy (non-hydrogen) atoms. The molecule has 0 radical (unpaired) electrons. The standard InChI is InChI=1S/C9H7F5O/c1-5-2-6(10)8(7(11)3-5)15-4-9(12,13)14/h2-3H,4H2,1H3. The Bertz CT molecular complexity index is 335. The molecule has 6 heteroatoms. The average molecular weight is 226 g/mol. The fourth-order valence-corrected chi connectivity index (χ4v) is 0.979. The molecule has 0 fully saturated rings. The van der Waals surface area contributed by atoms with Gasteiger partial charge in [-0.1, -0.05) is 0 Å². The van der Waals surface area contributed by atoms with Gasteiger partial charge in [0, 0.05) is 0 Å². The third-order valence-corrected chi connectivity index (χ3v) is 1.52. The summed E-state index contributed by atoms with van der Waals surface area (Å²) < 4.78 is 65.1. The lowest BCUT2D eigenvalue weighted by Gasteiger charge is -2.10. The molecule has 1 aromatic rings. The quantitative estimate of drug-likeness (QED) is 0.703. The molecular weight excluding hydrogens is 219 g/mol. The molecule has 0 heterocycles. The molecule has 0 aliphatic carbocycles. The van der Waals surface area contributed by atoms with Gasteiger partial charge in [0.2, 0.25) is 0 Å². The molecule has 0 atom stereocenters. The predicted molar refractivity (Wildman–Crippen MR) is 42.6 cm³/mol. The molecule has 0 amide bonds. The van der Waals surface area contributed by atoms with Gasteiger partial charge in [-0.3, -0.25) is 0 Å². The normalized spacial score (nSPS) is 11.6. The summed E-state index contributed by atoms with van der Waals surface area (Å²) in [4.78, 5) is 0. The fourth-order valence-electron chi connectivity index (χ4n) is 0.979. The van der Waals surface area contributed by atoms with Crippen LogP contribution in [0.3, 0.4) is 0 Å². The number of alkyl halides is 3. The number of rotatable bonds is 2. The third-order valence-electron chi connectivity index (χ3n) is 1.52. The third kappa shape index (κ3) is 3.38. The zero-order valence-electron chi connectivity index (χ0n) is 7.66. The SMILES string of the molecule is Cc1cc(F)c(OCC(F)(F)F)c(F)c1. The number of benzene rings is 1. The molecule has 0 N–H and O–H groups in total. The van der Waals surface area contributed by atoms with Crippen LogP contribution in [0.15, 0.2) is 12.1 Å². The van der Waals surface area contributed by atoms with Crippen molar-refractivity contribution in [3.8, 4) is 5.75 Å². The lowest BCUT2D eigenvalue weighted by Crippen LogP contribution is -2.20. The lowest BCUT2D eigenvalue weighted by atomic mass is 10.2. The summed E-state index contributed by atoms with van der Waals surface area (Å²) in [5, 5.41) is 0. The van der Waals surface area contributed by atoms with E-state index in [0.29, 0.717) is 0 Å². The highest BCUT2D eigenvalue weighted by molar-refractivity contribution is 5.30. The van der Waals surface area contributed by atoms with Crippen LogP contribution in [0.25, 0.3) is 0 Å². The maximum Gasteiger partial charge on any atom is 0.422 e. The van der Waals surface area contributed by atoms with Crippen molar-refractivity contribution in [2.75, 3.05) is 6.61 Å². The fraction of sp³-hybridized carbons (Fsp3) is 0.333. The summed E-state index contributed by atoms with van der Waals surface area (Å²) in [5.74, 6) is -3.29. The Kier molecular flexibility index (Phi) is 3.16. The zero-order valence-corrected chi connectivity index (χ0v) is 7.66. The van der Waals surface area contributed by atoms with Crippen LogP contribution >= 0.6 is 0 Å². The van der Waals surface area contributed by atoms with Gasteiger partial charge in [0.1, 0.15) is 0 Å². The summed E-state index contributed by atoms with van der Waals surface area (Å²) in [7, 11) is 0. The van der Waals surface area contributed by atoms with E-state index in [1.807, 2.05) is 0 Å². The second kappa shape index (κ2) is 4.04. The summed E-state index contributed by atoms with van der Waals surface area (Å²) in [6.45, 7) is -0.302. The van der Waals surface area contributed by atoms with E-state index in [0.717, 1.165) is 12.1 Å². The van der Waals surface area contributed by atoms with E-state index >= 15 is 0 Å². The Labute approximate surface area is 82.5 Å². The molecule has 84 valence electrons. The first kappa shape index (κ1) is 11.7. The Morgan fingerprint density at radius 1 is 1.13 bits per heavy atom. The number of hydrogen-bond acceptors (Lipinski definition) is 1. The van der Waals surface area contributed by atoms with Crippen molar-refractivity contribution in [2.45, 2.75) is 13.1 Å². The molecule has 0 aliphatic heterocycles. The minimum absolute atomic E-state index is 0.268. The van der Waals surface area contributed by atoms with E-state index < -0.39 is 30.2 Å². The topological polar surface area (TPSA) is 9.23 Å². The van der Waals surface area contributed by atoms with Crippen molar-refractivity contribution >= 4 is 0 Å². The van der Waals surface area contributed by atoms with Crippen LogP contribution < -0.4 is 4.74 Å². The van der Waals surface area contributed by atoms with E-state index in [9.17, 15) is 22.0 Å². The molecule has 1 nitrogen and oxygen atoms in total. The summed E-state index contributed by atoms with van der Waals surface area (Å²) in [5.41, 5.74) is 0.268. The molecule has 0 bridgehead atoms. The maximum atomic E-state index is 13.0. The van der Waals surface area contributed by atoms with Gasteiger partial charge in [-0.15, -0.1) is 0 Å². The van der Waals surface area contributed by atoms with Crippen LogP contribution in [0.2, 0.25) is 0 Å². The van der Waals surface area contributed by atoms with E-state index in [2.05, 4.69) is 4.74 Å². The lowest BCUT2D eigenvalue weighted by molar-refractivity contribution is -0.154. The summed E-state index contributed by atoms with van der Waals surface area (Å²) in [6, 6.07) is 1.80. The molecule has 0 saturated heterocycles. The van der Waals surface area contributed by atoms with E-state index in [1.54, 1.807) is 0 Å². The minimum Gasteiger partial charge on any atom is -0.478 e. The van der Waals surface area contributed by atoms with Crippen molar-refractivity contribution in [1.29, 1.82) is 0 Å². The average Bonchev–Trinajstić information content (AvgIpc) is 1.99. The Morgan fingerprint density at radius 2 is 1.60 bits per heavy atom. The van der Waals surface area contributed by atoms with Gasteiger partial charge in [0.05, 0.1) is 0 Å². The van der Waals surface area contributed by atoms with Gasteiger partial charge in [0.25, 0.3) is 0 Å². The minimum atomic E-state index is -4.62. The van der Waals surface area contributed by atoms with Gasteiger partial charge in [-0.05, 0) is 24.6 Å². The second-order valence-corrected chi connectivity index (χ2v) is 2.96. The molecule has 0 aromatic heterocycles. The van der Waals surface area contributed by atoms with Gasteiger partial charge in [-0.2, -0.15) is 13.2 Å². The van der Waals surface area contributed by atoms with E-state index in [-0.39, 0.29) is 5.56 Å². The van der Waals surface area contributed by atoms with Crippen molar-refractivity contribution < 1.29 is 26.7 Å². The van der Waals surface area contributed by atoms with Crippen LogP contribution in [-0.2, 0) is 0 Å². The second-order valence-electron chi connectivity index (χ2n) is 2.96. The van der Waals surface area contributed by atoms with Crippen LogP contribution in [0, 0.1) is 18.6 Å². The molecule has 0 saturated carbocycles. The summed E-state index contributed by atoms with van der Waals surface area (Å²) in [6.07, 6.45) is -4.62. The van der Waals surface area contributed by atoms with Crippen LogP contribution in [0.1, 0.15) is 5.56 Å².